The van der Waals surface area contributed by atoms with Gasteiger partial charge in [-0.3, -0.25) is 9.79 Å². The van der Waals surface area contributed by atoms with Crippen LogP contribution in [0.2, 0.25) is 0 Å². The summed E-state index contributed by atoms with van der Waals surface area (Å²) in [5.74, 6) is 1.51. The Balaban J connectivity index is 1.50. The second-order valence-electron chi connectivity index (χ2n) is 6.88. The molecule has 1 unspecified atom stereocenters. The number of ether oxygens (including phenoxy) is 1. The molecular weight excluding hydrogens is 352 g/mol. The summed E-state index contributed by atoms with van der Waals surface area (Å²) >= 11 is 0. The number of fused-ring (bicyclic) bond motifs is 1. The van der Waals surface area contributed by atoms with Crippen LogP contribution in [0.3, 0.4) is 0 Å². The van der Waals surface area contributed by atoms with Gasteiger partial charge in [-0.25, -0.2) is 0 Å². The van der Waals surface area contributed by atoms with Crippen LogP contribution >= 0.6 is 0 Å². The van der Waals surface area contributed by atoms with E-state index in [1.165, 1.54) is 11.1 Å². The molecular formula is C22H28N4O2. The first kappa shape index (κ1) is 19.7. The highest BCUT2D eigenvalue weighted by Crippen LogP contribution is 2.31. The molecule has 1 aliphatic rings. The van der Waals surface area contributed by atoms with Crippen LogP contribution in [-0.2, 0) is 4.79 Å². The molecule has 1 aliphatic heterocycles. The highest BCUT2D eigenvalue weighted by molar-refractivity contribution is 5.97. The van der Waals surface area contributed by atoms with Gasteiger partial charge in [0.15, 0.2) is 12.6 Å². The van der Waals surface area contributed by atoms with Crippen molar-refractivity contribution in [3.05, 3.63) is 59.7 Å². The number of aryl methyl sites for hydroxylation is 1. The molecule has 3 rings (SSSR count). The topological polar surface area (TPSA) is 66.0 Å². The van der Waals surface area contributed by atoms with Crippen molar-refractivity contribution in [2.24, 2.45) is 4.99 Å². The fourth-order valence-corrected chi connectivity index (χ4v) is 3.39. The Bertz CT molecular complexity index is 850. The molecule has 0 saturated carbocycles. The molecule has 2 aromatic rings. The number of hydrogen-bond donors (Lipinski definition) is 2. The van der Waals surface area contributed by atoms with E-state index in [0.29, 0.717) is 13.1 Å². The third-order valence-electron chi connectivity index (χ3n) is 4.89. The molecule has 2 aromatic carbocycles. The van der Waals surface area contributed by atoms with Crippen molar-refractivity contribution in [1.29, 1.82) is 0 Å². The van der Waals surface area contributed by atoms with Crippen LogP contribution in [0.15, 0.2) is 53.5 Å². The molecule has 0 radical (unpaired) electrons. The Morgan fingerprint density at radius 2 is 1.96 bits per heavy atom. The monoisotopic (exact) mass is 380 g/mol. The van der Waals surface area contributed by atoms with Crippen LogP contribution in [0.4, 0.5) is 5.69 Å². The van der Waals surface area contributed by atoms with Crippen molar-refractivity contribution < 1.29 is 9.53 Å². The van der Waals surface area contributed by atoms with Crippen molar-refractivity contribution in [3.8, 4) is 5.75 Å². The Hall–Kier alpha value is -3.02. The summed E-state index contributed by atoms with van der Waals surface area (Å²) in [6.45, 7) is 5.69. The molecule has 0 fully saturated rings. The molecule has 6 heteroatoms. The summed E-state index contributed by atoms with van der Waals surface area (Å²) in [6.07, 6.45) is 0.805. The van der Waals surface area contributed by atoms with E-state index in [9.17, 15) is 4.79 Å². The Kier molecular flexibility index (Phi) is 6.53. The fraction of sp³-hybridized carbons (Fsp3) is 0.364. The number of rotatable bonds is 6. The zero-order chi connectivity index (χ0) is 19.9. The second-order valence-corrected chi connectivity index (χ2v) is 6.88. The van der Waals surface area contributed by atoms with E-state index < -0.39 is 0 Å². The van der Waals surface area contributed by atoms with E-state index in [1.54, 1.807) is 11.9 Å². The van der Waals surface area contributed by atoms with Gasteiger partial charge in [0.25, 0.3) is 5.91 Å². The molecule has 2 N–H and O–H groups in total. The van der Waals surface area contributed by atoms with Crippen LogP contribution in [0.1, 0.15) is 30.5 Å². The van der Waals surface area contributed by atoms with Crippen molar-refractivity contribution >= 4 is 17.6 Å². The molecule has 1 amide bonds. The summed E-state index contributed by atoms with van der Waals surface area (Å²) in [5, 5.41) is 6.76. The third-order valence-corrected chi connectivity index (χ3v) is 4.89. The first-order chi connectivity index (χ1) is 13.6. The molecule has 0 aliphatic carbocycles. The smallest absolute Gasteiger partial charge is 0.265 e. The summed E-state index contributed by atoms with van der Waals surface area (Å²) in [6, 6.07) is 16.1. The van der Waals surface area contributed by atoms with Crippen molar-refractivity contribution in [3.63, 3.8) is 0 Å². The minimum Gasteiger partial charge on any atom is -0.482 e. The predicted octanol–water partition coefficient (Wildman–Crippen LogP) is 3.04. The average Bonchev–Trinajstić information content (AvgIpc) is 2.71. The molecule has 0 bridgehead atoms. The zero-order valence-corrected chi connectivity index (χ0v) is 16.7. The van der Waals surface area contributed by atoms with Crippen molar-refractivity contribution in [2.75, 3.05) is 31.6 Å². The molecule has 0 spiro atoms. The minimum absolute atomic E-state index is 0.00520. The number of benzene rings is 2. The highest BCUT2D eigenvalue weighted by atomic mass is 16.5. The first-order valence-corrected chi connectivity index (χ1v) is 9.65. The lowest BCUT2D eigenvalue weighted by molar-refractivity contribution is -0.121. The van der Waals surface area contributed by atoms with E-state index in [4.69, 9.17) is 4.74 Å². The van der Waals surface area contributed by atoms with E-state index in [0.717, 1.165) is 23.8 Å². The van der Waals surface area contributed by atoms with E-state index in [-0.39, 0.29) is 18.6 Å². The fourth-order valence-electron chi connectivity index (χ4n) is 3.39. The molecule has 1 heterocycles. The number of anilines is 1. The van der Waals surface area contributed by atoms with Gasteiger partial charge in [0.1, 0.15) is 5.75 Å². The van der Waals surface area contributed by atoms with Gasteiger partial charge in [-0.15, -0.1) is 0 Å². The van der Waals surface area contributed by atoms with Gasteiger partial charge in [0, 0.05) is 20.1 Å². The number of guanidine groups is 1. The molecule has 0 saturated heterocycles. The Labute approximate surface area is 166 Å². The van der Waals surface area contributed by atoms with Gasteiger partial charge >= 0.3 is 0 Å². The van der Waals surface area contributed by atoms with Crippen LogP contribution in [0.5, 0.6) is 5.75 Å². The maximum atomic E-state index is 12.2. The average molecular weight is 380 g/mol. The van der Waals surface area contributed by atoms with Crippen molar-refractivity contribution in [2.45, 2.75) is 26.3 Å². The molecule has 0 aromatic heterocycles. The summed E-state index contributed by atoms with van der Waals surface area (Å²) in [4.78, 5) is 18.3. The van der Waals surface area contributed by atoms with Crippen LogP contribution in [-0.4, -0.2) is 38.6 Å². The van der Waals surface area contributed by atoms with Gasteiger partial charge in [0.05, 0.1) is 11.7 Å². The number of nitrogens with zero attached hydrogens (tertiary/aromatic N) is 2. The maximum Gasteiger partial charge on any atom is 0.265 e. The molecule has 28 heavy (non-hydrogen) atoms. The van der Waals surface area contributed by atoms with E-state index in [2.05, 4.69) is 41.6 Å². The lowest BCUT2D eigenvalue weighted by Crippen LogP contribution is -2.42. The number of carbonyl (C=O) groups excluding carboxylic acids is 1. The van der Waals surface area contributed by atoms with Gasteiger partial charge in [-0.1, -0.05) is 36.4 Å². The lowest BCUT2D eigenvalue weighted by atomic mass is 10.0. The normalized spacial score (nSPS) is 14.9. The number of nitrogens with one attached hydrogen (secondary N) is 2. The molecule has 1 atom stereocenters. The summed E-state index contributed by atoms with van der Waals surface area (Å²) in [7, 11) is 1.77. The minimum atomic E-state index is -0.00520. The highest BCUT2D eigenvalue weighted by Gasteiger charge is 2.24. The Morgan fingerprint density at radius 3 is 2.75 bits per heavy atom. The zero-order valence-electron chi connectivity index (χ0n) is 16.7. The van der Waals surface area contributed by atoms with E-state index in [1.807, 2.05) is 36.4 Å². The molecule has 6 nitrogen and oxygen atoms in total. The van der Waals surface area contributed by atoms with Crippen LogP contribution < -0.4 is 20.3 Å². The van der Waals surface area contributed by atoms with Crippen LogP contribution in [0.25, 0.3) is 0 Å². The SMILES string of the molecule is CN=C(NCCCN1C(=O)COc2ccccc21)NC(C)c1ccccc1C. The van der Waals surface area contributed by atoms with E-state index >= 15 is 0 Å². The Morgan fingerprint density at radius 1 is 1.21 bits per heavy atom. The van der Waals surface area contributed by atoms with Gasteiger partial charge in [-0.05, 0) is 43.5 Å². The third kappa shape index (κ3) is 4.63. The maximum absolute atomic E-state index is 12.2. The molecule has 148 valence electrons. The number of amides is 1. The number of aliphatic imine (C=N–C) groups is 1. The number of para-hydroxylation sites is 2. The van der Waals surface area contributed by atoms with Crippen molar-refractivity contribution in [1.82, 2.24) is 10.6 Å². The van der Waals surface area contributed by atoms with Gasteiger partial charge < -0.3 is 20.3 Å². The second kappa shape index (κ2) is 9.26. The number of hydrogen-bond acceptors (Lipinski definition) is 3. The number of carbonyl (C=O) groups is 1. The predicted molar refractivity (Wildman–Crippen MR) is 113 cm³/mol. The quantitative estimate of drug-likeness (QED) is 0.459. The summed E-state index contributed by atoms with van der Waals surface area (Å²) in [5.41, 5.74) is 3.35. The lowest BCUT2D eigenvalue weighted by Gasteiger charge is -2.29. The largest absolute Gasteiger partial charge is 0.482 e. The van der Waals surface area contributed by atoms with Crippen LogP contribution in [0, 0.1) is 6.92 Å². The first-order valence-electron chi connectivity index (χ1n) is 9.65. The standard InChI is InChI=1S/C22H28N4O2/c1-16-9-4-5-10-18(16)17(2)25-22(23-3)24-13-8-14-26-19-11-6-7-12-20(19)28-15-21(26)27/h4-7,9-12,17H,8,13-15H2,1-3H3,(H2,23,24,25). The van der Waals surface area contributed by atoms with Gasteiger partial charge in [-0.2, -0.15) is 0 Å². The van der Waals surface area contributed by atoms with Gasteiger partial charge in [0.2, 0.25) is 0 Å². The summed E-state index contributed by atoms with van der Waals surface area (Å²) < 4.78 is 5.49.